The van der Waals surface area contributed by atoms with Gasteiger partial charge in [0.25, 0.3) is 0 Å². The number of nitrogens with zero attached hydrogens (tertiary/aromatic N) is 2. The zero-order valence-electron chi connectivity index (χ0n) is 12.3. The number of imidazole rings is 1. The number of fused-ring (bicyclic) bond motifs is 1. The summed E-state index contributed by atoms with van der Waals surface area (Å²) in [4.78, 5) is 4.41. The van der Waals surface area contributed by atoms with E-state index in [-0.39, 0.29) is 6.10 Å². The monoisotopic (exact) mass is 294 g/mol. The third-order valence-corrected chi connectivity index (χ3v) is 4.46. The molecule has 0 fully saturated rings. The summed E-state index contributed by atoms with van der Waals surface area (Å²) in [7, 11) is 1.69. The quantitative estimate of drug-likeness (QED) is 0.797. The Labute approximate surface area is 124 Å². The maximum absolute atomic E-state index is 10.1. The molecule has 0 aliphatic rings. The summed E-state index contributed by atoms with van der Waals surface area (Å²) in [5.74, 6) is 1.63. The van der Waals surface area contributed by atoms with E-state index in [1.807, 2.05) is 10.9 Å². The number of thioether (sulfide) groups is 1. The fourth-order valence-corrected chi connectivity index (χ4v) is 2.93. The van der Waals surface area contributed by atoms with Crippen LogP contribution in [0.5, 0.6) is 0 Å². The van der Waals surface area contributed by atoms with Gasteiger partial charge in [-0.1, -0.05) is 0 Å². The molecule has 2 rings (SSSR count). The van der Waals surface area contributed by atoms with E-state index in [2.05, 4.69) is 31.0 Å². The second-order valence-corrected chi connectivity index (χ2v) is 6.19. The molecule has 0 bridgehead atoms. The number of hydrogen-bond donors (Lipinski definition) is 1. The molecule has 4 nitrogen and oxygen atoms in total. The van der Waals surface area contributed by atoms with Crippen molar-refractivity contribution in [1.82, 2.24) is 9.55 Å². The summed E-state index contributed by atoms with van der Waals surface area (Å²) < 4.78 is 7.02. The van der Waals surface area contributed by atoms with Crippen LogP contribution in [0.25, 0.3) is 11.0 Å². The Morgan fingerprint density at radius 2 is 2.10 bits per heavy atom. The lowest BCUT2D eigenvalue weighted by Gasteiger charge is -2.12. The van der Waals surface area contributed by atoms with E-state index in [4.69, 9.17) is 4.74 Å². The molecule has 1 atom stereocenters. The molecule has 0 spiro atoms. The Morgan fingerprint density at radius 1 is 1.35 bits per heavy atom. The minimum Gasteiger partial charge on any atom is -0.390 e. The molecular weight excluding hydrogens is 272 g/mol. The molecule has 0 aliphatic carbocycles. The largest absolute Gasteiger partial charge is 0.390 e. The number of hydrogen-bond acceptors (Lipinski definition) is 4. The standard InChI is InChI=1S/C15H22N2O2S/c1-11-6-14-15(7-12(11)2)17(10-16-14)8-13(18)9-20-5-4-19-3/h6-7,10,13,18H,4-5,8-9H2,1-3H3. The number of rotatable bonds is 7. The van der Waals surface area contributed by atoms with Crippen LogP contribution in [-0.4, -0.2) is 46.0 Å². The number of ether oxygens (including phenoxy) is 1. The molecule has 0 aliphatic heterocycles. The lowest BCUT2D eigenvalue weighted by atomic mass is 10.1. The van der Waals surface area contributed by atoms with Crippen LogP contribution in [0.3, 0.4) is 0 Å². The van der Waals surface area contributed by atoms with E-state index in [1.165, 1.54) is 11.1 Å². The van der Waals surface area contributed by atoms with E-state index in [1.54, 1.807) is 18.9 Å². The van der Waals surface area contributed by atoms with Crippen LogP contribution >= 0.6 is 11.8 Å². The first-order valence-corrected chi connectivity index (χ1v) is 7.94. The van der Waals surface area contributed by atoms with Crippen LogP contribution in [0, 0.1) is 13.8 Å². The summed E-state index contributed by atoms with van der Waals surface area (Å²) >= 11 is 1.71. The summed E-state index contributed by atoms with van der Waals surface area (Å²) in [6.45, 7) is 5.50. The first-order chi connectivity index (χ1) is 9.61. The van der Waals surface area contributed by atoms with Gasteiger partial charge in [0.05, 0.1) is 36.6 Å². The number of aryl methyl sites for hydroxylation is 2. The number of aromatic nitrogens is 2. The zero-order chi connectivity index (χ0) is 14.5. The van der Waals surface area contributed by atoms with E-state index >= 15 is 0 Å². The van der Waals surface area contributed by atoms with Gasteiger partial charge >= 0.3 is 0 Å². The predicted octanol–water partition coefficient (Wildman–Crippen LogP) is 2.39. The van der Waals surface area contributed by atoms with Gasteiger partial charge in [0.2, 0.25) is 0 Å². The van der Waals surface area contributed by atoms with Crippen molar-refractivity contribution in [3.8, 4) is 0 Å². The normalized spacial score (nSPS) is 13.0. The predicted molar refractivity (Wildman–Crippen MR) is 84.4 cm³/mol. The zero-order valence-corrected chi connectivity index (χ0v) is 13.1. The van der Waals surface area contributed by atoms with Gasteiger partial charge in [-0.2, -0.15) is 11.8 Å². The summed E-state index contributed by atoms with van der Waals surface area (Å²) in [5, 5.41) is 10.1. The highest BCUT2D eigenvalue weighted by Gasteiger charge is 2.09. The highest BCUT2D eigenvalue weighted by atomic mass is 32.2. The Balaban J connectivity index is 2.00. The van der Waals surface area contributed by atoms with Crippen molar-refractivity contribution in [3.63, 3.8) is 0 Å². The molecule has 1 unspecified atom stereocenters. The first kappa shape index (κ1) is 15.4. The average Bonchev–Trinajstić information content (AvgIpc) is 2.78. The Hall–Kier alpha value is -1.04. The summed E-state index contributed by atoms with van der Waals surface area (Å²) in [6, 6.07) is 4.24. The Kier molecular flexibility index (Phi) is 5.46. The fraction of sp³-hybridized carbons (Fsp3) is 0.533. The average molecular weight is 294 g/mol. The van der Waals surface area contributed by atoms with Crippen LogP contribution in [0.15, 0.2) is 18.5 Å². The molecule has 5 heteroatoms. The SMILES string of the molecule is COCCSCC(O)Cn1cnc2cc(C)c(C)cc21. The second-order valence-electron chi connectivity index (χ2n) is 5.04. The second kappa shape index (κ2) is 7.11. The van der Waals surface area contributed by atoms with Gasteiger partial charge < -0.3 is 14.4 Å². The highest BCUT2D eigenvalue weighted by molar-refractivity contribution is 7.99. The van der Waals surface area contributed by atoms with Crippen LogP contribution in [-0.2, 0) is 11.3 Å². The Bertz CT molecular complexity index is 568. The van der Waals surface area contributed by atoms with Gasteiger partial charge in [-0.3, -0.25) is 0 Å². The molecule has 0 saturated heterocycles. The third-order valence-electron chi connectivity index (χ3n) is 3.39. The van der Waals surface area contributed by atoms with Crippen LogP contribution in [0.2, 0.25) is 0 Å². The van der Waals surface area contributed by atoms with Crippen molar-refractivity contribution in [2.75, 3.05) is 25.2 Å². The molecule has 1 aromatic heterocycles. The molecule has 2 aromatic rings. The molecular formula is C15H22N2O2S. The van der Waals surface area contributed by atoms with Gasteiger partial charge in [-0.15, -0.1) is 0 Å². The van der Waals surface area contributed by atoms with E-state index in [0.717, 1.165) is 23.4 Å². The summed E-state index contributed by atoms with van der Waals surface area (Å²) in [6.07, 6.45) is 1.45. The van der Waals surface area contributed by atoms with Gasteiger partial charge in [-0.05, 0) is 37.1 Å². The molecule has 110 valence electrons. The number of aliphatic hydroxyl groups excluding tert-OH is 1. The van der Waals surface area contributed by atoms with Crippen LogP contribution < -0.4 is 0 Å². The van der Waals surface area contributed by atoms with Crippen molar-refractivity contribution in [3.05, 3.63) is 29.6 Å². The van der Waals surface area contributed by atoms with E-state index in [9.17, 15) is 5.11 Å². The molecule has 1 aromatic carbocycles. The smallest absolute Gasteiger partial charge is 0.0959 e. The molecule has 20 heavy (non-hydrogen) atoms. The fourth-order valence-electron chi connectivity index (χ4n) is 2.10. The van der Waals surface area contributed by atoms with Crippen molar-refractivity contribution >= 4 is 22.8 Å². The summed E-state index contributed by atoms with van der Waals surface area (Å²) in [5.41, 5.74) is 4.59. The third kappa shape index (κ3) is 3.75. The highest BCUT2D eigenvalue weighted by Crippen LogP contribution is 2.19. The van der Waals surface area contributed by atoms with Crippen molar-refractivity contribution in [2.24, 2.45) is 0 Å². The minimum absolute atomic E-state index is 0.365. The number of benzene rings is 1. The van der Waals surface area contributed by atoms with Crippen molar-refractivity contribution in [1.29, 1.82) is 0 Å². The van der Waals surface area contributed by atoms with Crippen LogP contribution in [0.1, 0.15) is 11.1 Å². The number of aliphatic hydroxyl groups is 1. The maximum atomic E-state index is 10.1. The van der Waals surface area contributed by atoms with E-state index < -0.39 is 0 Å². The van der Waals surface area contributed by atoms with E-state index in [0.29, 0.717) is 12.3 Å². The van der Waals surface area contributed by atoms with Crippen LogP contribution in [0.4, 0.5) is 0 Å². The van der Waals surface area contributed by atoms with Crippen molar-refractivity contribution in [2.45, 2.75) is 26.5 Å². The van der Waals surface area contributed by atoms with Gasteiger partial charge in [0.15, 0.2) is 0 Å². The minimum atomic E-state index is -0.365. The van der Waals surface area contributed by atoms with Gasteiger partial charge in [0, 0.05) is 18.6 Å². The van der Waals surface area contributed by atoms with Crippen molar-refractivity contribution < 1.29 is 9.84 Å². The molecule has 0 amide bonds. The Morgan fingerprint density at radius 3 is 2.85 bits per heavy atom. The lowest BCUT2D eigenvalue weighted by Crippen LogP contribution is -2.18. The first-order valence-electron chi connectivity index (χ1n) is 6.78. The van der Waals surface area contributed by atoms with Gasteiger partial charge in [0.1, 0.15) is 0 Å². The molecule has 0 saturated carbocycles. The lowest BCUT2D eigenvalue weighted by molar-refractivity contribution is 0.179. The number of methoxy groups -OCH3 is 1. The topological polar surface area (TPSA) is 47.3 Å². The molecule has 0 radical (unpaired) electrons. The maximum Gasteiger partial charge on any atom is 0.0959 e. The van der Waals surface area contributed by atoms with Gasteiger partial charge in [-0.25, -0.2) is 4.98 Å². The molecule has 1 N–H and O–H groups in total. The molecule has 1 heterocycles.